The van der Waals surface area contributed by atoms with Crippen molar-refractivity contribution in [3.8, 4) is 11.8 Å². The van der Waals surface area contributed by atoms with Crippen molar-refractivity contribution in [3.05, 3.63) is 0 Å². The van der Waals surface area contributed by atoms with Gasteiger partial charge in [0.05, 0.1) is 0 Å². The van der Waals surface area contributed by atoms with E-state index >= 15 is 0 Å². The average molecular weight is 296 g/mol. The van der Waals surface area contributed by atoms with Gasteiger partial charge in [-0.1, -0.05) is 64.2 Å². The maximum Gasteiger partial charge on any atom is 0.303 e. The van der Waals surface area contributed by atoms with Gasteiger partial charge in [-0.2, -0.15) is 0 Å². The lowest BCUT2D eigenvalue weighted by molar-refractivity contribution is -0.137. The van der Waals surface area contributed by atoms with E-state index in [2.05, 4.69) is 11.8 Å². The number of carbonyl (C=O) groups is 1. The van der Waals surface area contributed by atoms with Crippen molar-refractivity contribution in [2.75, 3.05) is 0 Å². The number of hydrogen-bond donors (Lipinski definition) is 2. The second-order valence-corrected chi connectivity index (χ2v) is 5.67. The lowest BCUT2D eigenvalue weighted by atomic mass is 10.1. The third-order valence-corrected chi connectivity index (χ3v) is 3.60. The lowest BCUT2D eigenvalue weighted by Gasteiger charge is -2.01. The summed E-state index contributed by atoms with van der Waals surface area (Å²) in [7, 11) is 0. The van der Waals surface area contributed by atoms with Crippen molar-refractivity contribution in [1.29, 1.82) is 0 Å². The van der Waals surface area contributed by atoms with Gasteiger partial charge in [0.25, 0.3) is 0 Å². The Hall–Kier alpha value is -1.01. The smallest absolute Gasteiger partial charge is 0.303 e. The van der Waals surface area contributed by atoms with E-state index in [0.29, 0.717) is 12.8 Å². The van der Waals surface area contributed by atoms with Crippen molar-refractivity contribution < 1.29 is 15.0 Å². The number of aliphatic carboxylic acids is 1. The van der Waals surface area contributed by atoms with E-state index in [-0.39, 0.29) is 0 Å². The van der Waals surface area contributed by atoms with E-state index in [1.807, 2.05) is 6.92 Å². The summed E-state index contributed by atoms with van der Waals surface area (Å²) in [5.74, 6) is 5.20. The molecule has 0 radical (unpaired) electrons. The number of unbranched alkanes of at least 4 members (excludes halogenated alkanes) is 10. The zero-order valence-electron chi connectivity index (χ0n) is 13.6. The molecule has 0 aliphatic rings. The van der Waals surface area contributed by atoms with Gasteiger partial charge in [0.2, 0.25) is 0 Å². The molecule has 0 aromatic carbocycles. The summed E-state index contributed by atoms with van der Waals surface area (Å²) in [5.41, 5.74) is 0. The largest absolute Gasteiger partial charge is 0.481 e. The second-order valence-electron chi connectivity index (χ2n) is 5.67. The quantitative estimate of drug-likeness (QED) is 0.388. The van der Waals surface area contributed by atoms with Crippen LogP contribution in [0.2, 0.25) is 0 Å². The van der Waals surface area contributed by atoms with Crippen molar-refractivity contribution in [3.63, 3.8) is 0 Å². The molecular weight excluding hydrogens is 264 g/mol. The molecule has 0 unspecified atom stereocenters. The Morgan fingerprint density at radius 2 is 1.38 bits per heavy atom. The maximum absolute atomic E-state index is 10.3. The molecule has 0 aliphatic carbocycles. The van der Waals surface area contributed by atoms with Crippen LogP contribution in [0.3, 0.4) is 0 Å². The lowest BCUT2D eigenvalue weighted by Crippen LogP contribution is -1.98. The summed E-state index contributed by atoms with van der Waals surface area (Å²) >= 11 is 0. The predicted octanol–water partition coefficient (Wildman–Crippen LogP) is 4.53. The highest BCUT2D eigenvalue weighted by molar-refractivity contribution is 5.66. The van der Waals surface area contributed by atoms with E-state index in [1.165, 1.54) is 44.9 Å². The molecule has 0 aliphatic heterocycles. The molecule has 0 spiro atoms. The number of hydrogen-bond acceptors (Lipinski definition) is 2. The fraction of sp³-hybridized carbons (Fsp3) is 0.833. The Kier molecular flexibility index (Phi) is 14.6. The highest BCUT2D eigenvalue weighted by atomic mass is 16.4. The van der Waals surface area contributed by atoms with Crippen molar-refractivity contribution in [1.82, 2.24) is 0 Å². The van der Waals surface area contributed by atoms with E-state index < -0.39 is 12.1 Å². The molecule has 0 rings (SSSR count). The molecule has 0 saturated heterocycles. The average Bonchev–Trinajstić information content (AvgIpc) is 2.46. The highest BCUT2D eigenvalue weighted by Gasteiger charge is 1.96. The van der Waals surface area contributed by atoms with E-state index in [0.717, 1.165) is 25.7 Å². The van der Waals surface area contributed by atoms with E-state index in [1.54, 1.807) is 0 Å². The third kappa shape index (κ3) is 16.9. The van der Waals surface area contributed by atoms with E-state index in [9.17, 15) is 9.90 Å². The first-order valence-electron chi connectivity index (χ1n) is 8.55. The monoisotopic (exact) mass is 296 g/mol. The molecule has 0 bridgehead atoms. The zero-order chi connectivity index (χ0) is 15.8. The number of aliphatic hydroxyl groups is 1. The van der Waals surface area contributed by atoms with Gasteiger partial charge < -0.3 is 10.2 Å². The van der Waals surface area contributed by atoms with Gasteiger partial charge in [-0.25, -0.2) is 0 Å². The number of carboxylic acids is 1. The van der Waals surface area contributed by atoms with Crippen LogP contribution in [0.1, 0.15) is 90.4 Å². The maximum atomic E-state index is 10.3. The minimum atomic E-state index is -0.677. The van der Waals surface area contributed by atoms with Gasteiger partial charge in [-0.05, 0) is 19.3 Å². The minimum Gasteiger partial charge on any atom is -0.481 e. The molecule has 0 saturated carbocycles. The van der Waals surface area contributed by atoms with Crippen LogP contribution < -0.4 is 0 Å². The predicted molar refractivity (Wildman–Crippen MR) is 87.1 cm³/mol. The molecule has 0 amide bonds. The minimum absolute atomic E-state index is 0.318. The van der Waals surface area contributed by atoms with Gasteiger partial charge in [0.1, 0.15) is 6.10 Å². The number of rotatable bonds is 13. The zero-order valence-corrected chi connectivity index (χ0v) is 13.6. The molecule has 0 aromatic heterocycles. The SMILES string of the molecule is CC[C@H](O)C#CCCCCCCCCCCCCC(=O)O. The number of aliphatic hydroxyl groups excluding tert-OH is 1. The van der Waals surface area contributed by atoms with Gasteiger partial charge in [0, 0.05) is 12.8 Å². The molecular formula is C18H32O3. The van der Waals surface area contributed by atoms with Gasteiger partial charge in [0.15, 0.2) is 0 Å². The summed E-state index contributed by atoms with van der Waals surface area (Å²) in [6, 6.07) is 0. The van der Waals surface area contributed by atoms with Crippen LogP contribution in [0.15, 0.2) is 0 Å². The summed E-state index contributed by atoms with van der Waals surface area (Å²) in [5, 5.41) is 17.8. The van der Waals surface area contributed by atoms with Crippen LogP contribution in [0.5, 0.6) is 0 Å². The molecule has 1 atom stereocenters. The van der Waals surface area contributed by atoms with Crippen LogP contribution in [0, 0.1) is 11.8 Å². The van der Waals surface area contributed by atoms with Crippen LogP contribution in [0.25, 0.3) is 0 Å². The van der Waals surface area contributed by atoms with Crippen LogP contribution in [-0.2, 0) is 4.79 Å². The fourth-order valence-corrected chi connectivity index (χ4v) is 2.20. The molecule has 122 valence electrons. The molecule has 0 aromatic rings. The Labute approximate surface area is 130 Å². The van der Waals surface area contributed by atoms with Gasteiger partial charge >= 0.3 is 5.97 Å². The molecule has 2 N–H and O–H groups in total. The first-order chi connectivity index (χ1) is 10.2. The van der Waals surface area contributed by atoms with Crippen LogP contribution in [-0.4, -0.2) is 22.3 Å². The molecule has 0 heterocycles. The molecule has 21 heavy (non-hydrogen) atoms. The normalized spacial score (nSPS) is 11.7. The molecule has 3 heteroatoms. The van der Waals surface area contributed by atoms with Crippen molar-refractivity contribution in [2.24, 2.45) is 0 Å². The summed E-state index contributed by atoms with van der Waals surface area (Å²) in [6.07, 6.45) is 13.3. The second kappa shape index (κ2) is 15.4. The summed E-state index contributed by atoms with van der Waals surface area (Å²) < 4.78 is 0. The number of carboxylic acid groups (broad SMARTS) is 1. The Morgan fingerprint density at radius 3 is 1.86 bits per heavy atom. The van der Waals surface area contributed by atoms with Gasteiger partial charge in [-0.3, -0.25) is 4.79 Å². The van der Waals surface area contributed by atoms with E-state index in [4.69, 9.17) is 5.11 Å². The summed E-state index contributed by atoms with van der Waals surface area (Å²) in [6.45, 7) is 1.94. The van der Waals surface area contributed by atoms with Crippen LogP contribution >= 0.6 is 0 Å². The van der Waals surface area contributed by atoms with Crippen molar-refractivity contribution >= 4 is 5.97 Å². The first-order valence-corrected chi connectivity index (χ1v) is 8.55. The summed E-state index contributed by atoms with van der Waals surface area (Å²) in [4.78, 5) is 10.3. The molecule has 0 fully saturated rings. The topological polar surface area (TPSA) is 57.5 Å². The third-order valence-electron chi connectivity index (χ3n) is 3.60. The highest BCUT2D eigenvalue weighted by Crippen LogP contribution is 2.11. The standard InChI is InChI=1S/C18H32O3/c1-2-17(19)15-13-11-9-7-5-3-4-6-8-10-12-14-16-18(20)21/h17,19H,2-12,14,16H2,1H3,(H,20,21)/t17-/m0/s1. The first kappa shape index (κ1) is 20.0. The van der Waals surface area contributed by atoms with Gasteiger partial charge in [-0.15, -0.1) is 5.92 Å². The van der Waals surface area contributed by atoms with Crippen molar-refractivity contribution in [2.45, 2.75) is 96.5 Å². The Morgan fingerprint density at radius 1 is 0.905 bits per heavy atom. The Balaban J connectivity index is 3.12. The fourth-order valence-electron chi connectivity index (χ4n) is 2.20. The van der Waals surface area contributed by atoms with Crippen LogP contribution in [0.4, 0.5) is 0 Å². The Bertz CT molecular complexity index is 301. The molecule has 3 nitrogen and oxygen atoms in total.